The molecule has 3 heteroatoms. The lowest BCUT2D eigenvalue weighted by atomic mass is 10.4. The van der Waals surface area contributed by atoms with E-state index in [4.69, 9.17) is 0 Å². The molecule has 9 heavy (non-hydrogen) atoms. The standard InChI is InChI=1S/C6H13NOS/c1-2-3-7(6-9)4-5-8/h5,9H,2-4,6H2,1H3. The predicted octanol–water partition coefficient (Wildman–Crippen LogP) is 0.785. The zero-order valence-corrected chi connectivity index (χ0v) is 6.60. The molecule has 2 nitrogen and oxygen atoms in total. The predicted molar refractivity (Wildman–Crippen MR) is 41.8 cm³/mol. The van der Waals surface area contributed by atoms with E-state index in [0.717, 1.165) is 19.3 Å². The molecule has 0 rings (SSSR count). The van der Waals surface area contributed by atoms with Gasteiger partial charge in [-0.2, -0.15) is 12.6 Å². The Morgan fingerprint density at radius 2 is 2.33 bits per heavy atom. The lowest BCUT2D eigenvalue weighted by Crippen LogP contribution is -2.24. The van der Waals surface area contributed by atoms with Crippen molar-refractivity contribution in [1.29, 1.82) is 0 Å². The summed E-state index contributed by atoms with van der Waals surface area (Å²) in [5.41, 5.74) is 0. The number of hydrogen-bond donors (Lipinski definition) is 1. The number of aldehydes is 1. The fraction of sp³-hybridized carbons (Fsp3) is 0.833. The summed E-state index contributed by atoms with van der Waals surface area (Å²) in [6.07, 6.45) is 1.99. The van der Waals surface area contributed by atoms with Gasteiger partial charge in [-0.05, 0) is 13.0 Å². The van der Waals surface area contributed by atoms with Crippen LogP contribution < -0.4 is 0 Å². The van der Waals surface area contributed by atoms with Crippen LogP contribution in [0.25, 0.3) is 0 Å². The molecule has 0 heterocycles. The fourth-order valence-electron chi connectivity index (χ4n) is 0.641. The summed E-state index contributed by atoms with van der Waals surface area (Å²) in [6.45, 7) is 3.56. The molecule has 0 spiro atoms. The van der Waals surface area contributed by atoms with E-state index < -0.39 is 0 Å². The van der Waals surface area contributed by atoms with Crippen molar-refractivity contribution in [2.45, 2.75) is 13.3 Å². The first-order chi connectivity index (χ1) is 4.35. The summed E-state index contributed by atoms with van der Waals surface area (Å²) in [5, 5.41) is 0. The Bertz CT molecular complexity index is 77.5. The van der Waals surface area contributed by atoms with Crippen molar-refractivity contribution in [1.82, 2.24) is 4.90 Å². The Kier molecular flexibility index (Phi) is 6.09. The highest BCUT2D eigenvalue weighted by Gasteiger charge is 1.96. The van der Waals surface area contributed by atoms with Gasteiger partial charge in [0.2, 0.25) is 0 Å². The number of carbonyl (C=O) groups is 1. The summed E-state index contributed by atoms with van der Waals surface area (Å²) < 4.78 is 0. The van der Waals surface area contributed by atoms with Gasteiger partial charge in [0.05, 0.1) is 6.54 Å². The number of rotatable bonds is 5. The summed E-state index contributed by atoms with van der Waals surface area (Å²) in [4.78, 5) is 12.0. The van der Waals surface area contributed by atoms with Crippen molar-refractivity contribution >= 4 is 18.9 Å². The second-order valence-electron chi connectivity index (χ2n) is 1.89. The van der Waals surface area contributed by atoms with Crippen molar-refractivity contribution < 1.29 is 4.79 Å². The minimum absolute atomic E-state index is 0.511. The average Bonchev–Trinajstić information content (AvgIpc) is 1.88. The third-order valence-electron chi connectivity index (χ3n) is 1.07. The summed E-state index contributed by atoms with van der Waals surface area (Å²) >= 11 is 4.05. The van der Waals surface area contributed by atoms with Gasteiger partial charge in [-0.15, -0.1) is 0 Å². The van der Waals surface area contributed by atoms with Crippen molar-refractivity contribution in [3.8, 4) is 0 Å². The fourth-order valence-corrected chi connectivity index (χ4v) is 0.898. The lowest BCUT2D eigenvalue weighted by molar-refractivity contribution is -0.108. The van der Waals surface area contributed by atoms with Crippen LogP contribution in [0, 0.1) is 0 Å². The second-order valence-corrected chi connectivity index (χ2v) is 2.17. The molecule has 0 bridgehead atoms. The first kappa shape index (κ1) is 8.98. The Morgan fingerprint density at radius 1 is 1.67 bits per heavy atom. The summed E-state index contributed by atoms with van der Waals surface area (Å²) in [6, 6.07) is 0. The second kappa shape index (κ2) is 6.11. The van der Waals surface area contributed by atoms with Gasteiger partial charge in [0.15, 0.2) is 0 Å². The van der Waals surface area contributed by atoms with E-state index in [0.29, 0.717) is 12.4 Å². The van der Waals surface area contributed by atoms with Crippen molar-refractivity contribution in [3.63, 3.8) is 0 Å². The van der Waals surface area contributed by atoms with Gasteiger partial charge in [0.25, 0.3) is 0 Å². The van der Waals surface area contributed by atoms with Crippen LogP contribution in [0.15, 0.2) is 0 Å². The van der Waals surface area contributed by atoms with Crippen LogP contribution in [-0.2, 0) is 4.79 Å². The van der Waals surface area contributed by atoms with E-state index in [1.54, 1.807) is 0 Å². The Labute approximate surface area is 61.6 Å². The van der Waals surface area contributed by atoms with Gasteiger partial charge < -0.3 is 4.79 Å². The van der Waals surface area contributed by atoms with Crippen molar-refractivity contribution in [2.75, 3.05) is 19.0 Å². The smallest absolute Gasteiger partial charge is 0.134 e. The molecule has 0 aliphatic rings. The SMILES string of the molecule is CCCN(CS)CC=O. The van der Waals surface area contributed by atoms with Crippen LogP contribution in [0.4, 0.5) is 0 Å². The number of thiol groups is 1. The minimum Gasteiger partial charge on any atom is -0.302 e. The quantitative estimate of drug-likeness (QED) is 0.352. The van der Waals surface area contributed by atoms with Crippen LogP contribution in [0.5, 0.6) is 0 Å². The Balaban J connectivity index is 3.28. The molecule has 0 fully saturated rings. The molecule has 0 radical (unpaired) electrons. The summed E-state index contributed by atoms with van der Waals surface area (Å²) in [7, 11) is 0. The molecule has 0 aliphatic heterocycles. The first-order valence-electron chi connectivity index (χ1n) is 3.12. The highest BCUT2D eigenvalue weighted by atomic mass is 32.1. The van der Waals surface area contributed by atoms with Crippen LogP contribution in [0.1, 0.15) is 13.3 Å². The molecular weight excluding hydrogens is 134 g/mol. The molecule has 0 aliphatic carbocycles. The van der Waals surface area contributed by atoms with Gasteiger partial charge >= 0.3 is 0 Å². The largest absolute Gasteiger partial charge is 0.302 e. The molecule has 0 saturated carbocycles. The Morgan fingerprint density at radius 3 is 2.67 bits per heavy atom. The van der Waals surface area contributed by atoms with Gasteiger partial charge in [0, 0.05) is 5.88 Å². The maximum absolute atomic E-state index is 9.97. The van der Waals surface area contributed by atoms with E-state index in [1.807, 2.05) is 4.90 Å². The molecule has 0 amide bonds. The molecule has 0 N–H and O–H groups in total. The lowest BCUT2D eigenvalue weighted by Gasteiger charge is -2.14. The average molecular weight is 147 g/mol. The van der Waals surface area contributed by atoms with Crippen LogP contribution in [0.2, 0.25) is 0 Å². The number of nitrogens with zero attached hydrogens (tertiary/aromatic N) is 1. The molecule has 0 saturated heterocycles. The highest BCUT2D eigenvalue weighted by molar-refractivity contribution is 7.80. The molecule has 0 atom stereocenters. The van der Waals surface area contributed by atoms with Gasteiger partial charge in [-0.25, -0.2) is 0 Å². The third kappa shape index (κ3) is 4.48. The van der Waals surface area contributed by atoms with E-state index >= 15 is 0 Å². The maximum atomic E-state index is 9.97. The summed E-state index contributed by atoms with van der Waals surface area (Å²) in [5.74, 6) is 0.673. The normalized spacial score (nSPS) is 10.1. The van der Waals surface area contributed by atoms with E-state index in [-0.39, 0.29) is 0 Å². The molecule has 0 aromatic carbocycles. The van der Waals surface area contributed by atoms with Gasteiger partial charge in [-0.1, -0.05) is 6.92 Å². The maximum Gasteiger partial charge on any atom is 0.134 e. The van der Waals surface area contributed by atoms with E-state index in [2.05, 4.69) is 19.6 Å². The van der Waals surface area contributed by atoms with E-state index in [9.17, 15) is 4.79 Å². The van der Waals surface area contributed by atoms with Crippen molar-refractivity contribution in [3.05, 3.63) is 0 Å². The van der Waals surface area contributed by atoms with Gasteiger partial charge in [0.1, 0.15) is 6.29 Å². The zero-order valence-electron chi connectivity index (χ0n) is 5.71. The van der Waals surface area contributed by atoms with Crippen LogP contribution >= 0.6 is 12.6 Å². The monoisotopic (exact) mass is 147 g/mol. The molecule has 0 unspecified atom stereocenters. The number of hydrogen-bond acceptors (Lipinski definition) is 3. The minimum atomic E-state index is 0.511. The first-order valence-corrected chi connectivity index (χ1v) is 3.75. The number of carbonyl (C=O) groups excluding carboxylic acids is 1. The van der Waals surface area contributed by atoms with Crippen LogP contribution in [-0.4, -0.2) is 30.2 Å². The molecule has 0 aromatic rings. The molecule has 54 valence electrons. The molecular formula is C6H13NOS. The topological polar surface area (TPSA) is 20.3 Å². The highest BCUT2D eigenvalue weighted by Crippen LogP contribution is 1.90. The van der Waals surface area contributed by atoms with E-state index in [1.165, 1.54) is 0 Å². The van der Waals surface area contributed by atoms with Crippen LogP contribution in [0.3, 0.4) is 0 Å². The zero-order chi connectivity index (χ0) is 7.11. The third-order valence-corrected chi connectivity index (χ3v) is 1.47. The Hall–Kier alpha value is -0.0200. The van der Waals surface area contributed by atoms with Gasteiger partial charge in [-0.3, -0.25) is 4.90 Å². The molecule has 0 aromatic heterocycles. The van der Waals surface area contributed by atoms with Crippen molar-refractivity contribution in [2.24, 2.45) is 0 Å².